The second-order valence-corrected chi connectivity index (χ2v) is 12.4. The predicted octanol–water partition coefficient (Wildman–Crippen LogP) is 4.93. The van der Waals surface area contributed by atoms with Crippen molar-refractivity contribution in [2.45, 2.75) is 26.5 Å². The molecular weight excluding hydrogens is 838 g/mol. The Hall–Kier alpha value is -4.26. The quantitative estimate of drug-likeness (QED) is 0.0996. The smallest absolute Gasteiger partial charge is 0.338 e. The highest BCUT2D eigenvalue weighted by Gasteiger charge is 2.32. The van der Waals surface area contributed by atoms with E-state index in [0.717, 1.165) is 29.8 Å². The summed E-state index contributed by atoms with van der Waals surface area (Å²) in [6.07, 6.45) is 1.53. The molecule has 0 bridgehead atoms. The van der Waals surface area contributed by atoms with Crippen LogP contribution in [0.4, 0.5) is 4.79 Å². The van der Waals surface area contributed by atoms with Gasteiger partial charge in [0.05, 0.1) is 38.7 Å². The Balaban J connectivity index is 1.16. The molecule has 0 aromatic heterocycles. The van der Waals surface area contributed by atoms with Crippen LogP contribution >= 0.6 is 45.2 Å². The van der Waals surface area contributed by atoms with Gasteiger partial charge in [0, 0.05) is 5.70 Å². The van der Waals surface area contributed by atoms with Crippen molar-refractivity contribution in [2.24, 2.45) is 5.10 Å². The Bertz CT molecular complexity index is 1740. The number of benzene rings is 3. The Labute approximate surface area is 297 Å². The number of hydrazone groups is 1. The molecule has 5 rings (SSSR count). The van der Waals surface area contributed by atoms with Crippen LogP contribution in [0.1, 0.15) is 36.6 Å². The van der Waals surface area contributed by atoms with E-state index in [2.05, 4.69) is 66.3 Å². The van der Waals surface area contributed by atoms with Gasteiger partial charge < -0.3 is 39.1 Å². The van der Waals surface area contributed by atoms with Crippen LogP contribution in [-0.2, 0) is 20.9 Å². The Morgan fingerprint density at radius 2 is 1.81 bits per heavy atom. The van der Waals surface area contributed by atoms with E-state index < -0.39 is 23.9 Å². The van der Waals surface area contributed by atoms with Crippen LogP contribution in [0.5, 0.6) is 28.7 Å². The fourth-order valence-corrected chi connectivity index (χ4v) is 6.87. The molecule has 0 saturated heterocycles. The van der Waals surface area contributed by atoms with Crippen LogP contribution in [0.15, 0.2) is 64.9 Å². The molecule has 0 spiro atoms. The largest absolute Gasteiger partial charge is 0.493 e. The molecule has 0 fully saturated rings. The molecule has 246 valence electrons. The molecule has 13 nitrogen and oxygen atoms in total. The van der Waals surface area contributed by atoms with Gasteiger partial charge >= 0.3 is 12.0 Å². The van der Waals surface area contributed by atoms with Gasteiger partial charge in [0.15, 0.2) is 29.6 Å². The summed E-state index contributed by atoms with van der Waals surface area (Å²) in [6.45, 7) is 3.75. The van der Waals surface area contributed by atoms with Gasteiger partial charge in [-0.2, -0.15) is 5.10 Å². The molecular formula is C32H30I2N4O9. The summed E-state index contributed by atoms with van der Waals surface area (Å²) in [5, 5.41) is 9.40. The monoisotopic (exact) mass is 868 g/mol. The predicted molar refractivity (Wildman–Crippen MR) is 187 cm³/mol. The van der Waals surface area contributed by atoms with Crippen molar-refractivity contribution in [1.29, 1.82) is 0 Å². The number of urea groups is 1. The number of fused-ring (bicyclic) bond motifs is 1. The second-order valence-electron chi connectivity index (χ2n) is 10.1. The SMILES string of the molecule is CCOC(=O)C1=C(C)NC(=O)N[C@@H]1c1ccc(OCC(=O)N/N=C\c2cc(I)c(OCc3ccc4c(c3)OCO4)c(I)c2)c(OC)c1. The summed E-state index contributed by atoms with van der Waals surface area (Å²) >= 11 is 4.39. The summed E-state index contributed by atoms with van der Waals surface area (Å²) in [4.78, 5) is 37.3. The number of rotatable bonds is 12. The van der Waals surface area contributed by atoms with Crippen molar-refractivity contribution < 1.29 is 42.8 Å². The number of carbonyl (C=O) groups excluding carboxylic acids is 3. The molecule has 0 unspecified atom stereocenters. The van der Waals surface area contributed by atoms with E-state index >= 15 is 0 Å². The molecule has 47 heavy (non-hydrogen) atoms. The number of nitrogens with one attached hydrogen (secondary N) is 3. The first-order valence-electron chi connectivity index (χ1n) is 14.2. The zero-order valence-corrected chi connectivity index (χ0v) is 29.8. The van der Waals surface area contributed by atoms with Gasteiger partial charge in [0.1, 0.15) is 12.4 Å². The molecule has 0 saturated carbocycles. The van der Waals surface area contributed by atoms with Crippen LogP contribution in [-0.4, -0.2) is 51.2 Å². The van der Waals surface area contributed by atoms with Crippen LogP contribution in [0, 0.1) is 7.14 Å². The lowest BCUT2D eigenvalue weighted by atomic mass is 9.95. The first-order chi connectivity index (χ1) is 22.7. The minimum absolute atomic E-state index is 0.183. The highest BCUT2D eigenvalue weighted by Crippen LogP contribution is 2.36. The Morgan fingerprint density at radius 1 is 1.04 bits per heavy atom. The van der Waals surface area contributed by atoms with Crippen molar-refractivity contribution in [3.05, 3.63) is 83.6 Å². The maximum atomic E-state index is 12.6. The van der Waals surface area contributed by atoms with Crippen LogP contribution in [0.2, 0.25) is 0 Å². The minimum Gasteiger partial charge on any atom is -0.493 e. The van der Waals surface area contributed by atoms with E-state index in [0.29, 0.717) is 29.4 Å². The van der Waals surface area contributed by atoms with Gasteiger partial charge in [-0.15, -0.1) is 0 Å². The molecule has 1 atom stereocenters. The van der Waals surface area contributed by atoms with E-state index in [1.165, 1.54) is 13.3 Å². The fraction of sp³-hybridized carbons (Fsp3) is 0.250. The molecule has 3 aromatic carbocycles. The van der Waals surface area contributed by atoms with Crippen LogP contribution in [0.25, 0.3) is 0 Å². The zero-order valence-electron chi connectivity index (χ0n) is 25.5. The number of ether oxygens (including phenoxy) is 6. The number of hydrogen-bond donors (Lipinski definition) is 3. The van der Waals surface area contributed by atoms with Gasteiger partial charge in [-0.05, 0) is 112 Å². The maximum absolute atomic E-state index is 12.6. The average Bonchev–Trinajstić information content (AvgIpc) is 3.51. The Kier molecular flexibility index (Phi) is 11.3. The second kappa shape index (κ2) is 15.6. The third-order valence-electron chi connectivity index (χ3n) is 6.89. The normalized spacial score (nSPS) is 15.2. The van der Waals surface area contributed by atoms with Crippen molar-refractivity contribution in [2.75, 3.05) is 27.1 Å². The number of methoxy groups -OCH3 is 1. The maximum Gasteiger partial charge on any atom is 0.338 e. The molecule has 3 amide bonds. The van der Waals surface area contributed by atoms with Gasteiger partial charge in [-0.25, -0.2) is 15.0 Å². The van der Waals surface area contributed by atoms with Crippen LogP contribution < -0.4 is 39.7 Å². The number of esters is 1. The highest BCUT2D eigenvalue weighted by atomic mass is 127. The van der Waals surface area contributed by atoms with Crippen molar-refractivity contribution >= 4 is 69.3 Å². The molecule has 15 heteroatoms. The van der Waals surface area contributed by atoms with E-state index in [9.17, 15) is 14.4 Å². The van der Waals surface area contributed by atoms with E-state index in [1.807, 2.05) is 30.3 Å². The molecule has 2 aliphatic heterocycles. The number of hydrogen-bond acceptors (Lipinski definition) is 10. The lowest BCUT2D eigenvalue weighted by Crippen LogP contribution is -2.45. The third kappa shape index (κ3) is 8.37. The molecule has 0 radical (unpaired) electrons. The van der Waals surface area contributed by atoms with Crippen molar-refractivity contribution in [1.82, 2.24) is 16.1 Å². The van der Waals surface area contributed by atoms with Gasteiger partial charge in [-0.1, -0.05) is 12.1 Å². The summed E-state index contributed by atoms with van der Waals surface area (Å²) in [5.74, 6) is 1.71. The third-order valence-corrected chi connectivity index (χ3v) is 8.49. The standard InChI is InChI=1S/C32H30I2N4O9/c1-4-43-31(40)28-17(2)36-32(41)37-29(28)20-6-8-23(25(12-20)42-3)44-15-27(39)38-35-13-19-9-21(33)30(22(34)10-19)45-14-18-5-7-24-26(11-18)47-16-46-24/h5-13,29H,4,14-16H2,1-3H3,(H,38,39)(H2,36,37,41)/b35-13-/t29-/m1/s1. The number of amides is 3. The number of carbonyl (C=O) groups is 3. The molecule has 3 N–H and O–H groups in total. The topological polar surface area (TPSA) is 155 Å². The van der Waals surface area contributed by atoms with Crippen molar-refractivity contribution in [3.8, 4) is 28.7 Å². The number of halogens is 2. The van der Waals surface area contributed by atoms with Gasteiger partial charge in [0.2, 0.25) is 6.79 Å². The summed E-state index contributed by atoms with van der Waals surface area (Å²) in [7, 11) is 1.45. The molecule has 3 aromatic rings. The Morgan fingerprint density at radius 3 is 2.55 bits per heavy atom. The first-order valence-corrected chi connectivity index (χ1v) is 16.4. The zero-order chi connectivity index (χ0) is 33.5. The van der Waals surface area contributed by atoms with Crippen LogP contribution in [0.3, 0.4) is 0 Å². The molecule has 2 aliphatic rings. The van der Waals surface area contributed by atoms with E-state index in [4.69, 9.17) is 28.4 Å². The lowest BCUT2D eigenvalue weighted by molar-refractivity contribution is -0.139. The minimum atomic E-state index is -0.773. The van der Waals surface area contributed by atoms with Gasteiger partial charge in [-0.3, -0.25) is 4.79 Å². The number of allylic oxidation sites excluding steroid dienone is 1. The number of nitrogens with zero attached hydrogens (tertiary/aromatic N) is 1. The molecule has 2 heterocycles. The fourth-order valence-electron chi connectivity index (χ4n) is 4.74. The van der Waals surface area contributed by atoms with E-state index in [1.54, 1.807) is 32.0 Å². The van der Waals surface area contributed by atoms with E-state index in [-0.39, 0.29) is 31.3 Å². The summed E-state index contributed by atoms with van der Waals surface area (Å²) in [5.41, 5.74) is 5.40. The molecule has 0 aliphatic carbocycles. The lowest BCUT2D eigenvalue weighted by Gasteiger charge is -2.28. The summed E-state index contributed by atoms with van der Waals surface area (Å²) in [6, 6.07) is 13.1. The van der Waals surface area contributed by atoms with Crippen molar-refractivity contribution in [3.63, 3.8) is 0 Å². The summed E-state index contributed by atoms with van der Waals surface area (Å²) < 4.78 is 35.0. The first kappa shape index (κ1) is 34.1. The average molecular weight is 868 g/mol. The van der Waals surface area contributed by atoms with Gasteiger partial charge in [0.25, 0.3) is 5.91 Å². The highest BCUT2D eigenvalue weighted by molar-refractivity contribution is 14.1.